The molecule has 0 N–H and O–H groups in total. The van der Waals surface area contributed by atoms with Crippen LogP contribution in [0.3, 0.4) is 0 Å². The monoisotopic (exact) mass is 770 g/mol. The van der Waals surface area contributed by atoms with Gasteiger partial charge in [-0.1, -0.05) is 147 Å². The van der Waals surface area contributed by atoms with Crippen molar-refractivity contribution in [3.63, 3.8) is 0 Å². The third-order valence-electron chi connectivity index (χ3n) is 12.5. The first-order valence-electron chi connectivity index (χ1n) is 20.3. The molecular weight excluding hydrogens is 733 g/mol. The molecule has 0 fully saturated rings. The zero-order chi connectivity index (χ0) is 39.2. The molecule has 0 bridgehead atoms. The highest BCUT2D eigenvalue weighted by Crippen LogP contribution is 2.40. The quantitative estimate of drug-likeness (QED) is 0.163. The predicted molar refractivity (Wildman–Crippen MR) is 249 cm³/mol. The third-order valence-corrected chi connectivity index (χ3v) is 15.8. The van der Waals surface area contributed by atoms with E-state index < -0.39 is 8.07 Å². The summed E-state index contributed by atoms with van der Waals surface area (Å²) in [7, 11) is -2.08. The summed E-state index contributed by atoms with van der Waals surface area (Å²) in [6, 6.07) is 70.3. The SMILES string of the molecule is C[Si]1(C)c2ccccc2-c2c(-c3ccccc3)nc(-c3cccc(-c4ccc5c(c4)c4cc(-n6c7ccccc7c7ccccc76)ccc4n5-c4ccccc4)c3)nc21. The Morgan fingerprint density at radius 2 is 0.949 bits per heavy atom. The number of hydrogen-bond acceptors (Lipinski definition) is 2. The van der Waals surface area contributed by atoms with Crippen LogP contribution in [-0.2, 0) is 0 Å². The van der Waals surface area contributed by atoms with Crippen molar-refractivity contribution < 1.29 is 0 Å². The number of nitrogens with zero attached hydrogens (tertiary/aromatic N) is 4. The highest BCUT2D eigenvalue weighted by molar-refractivity contribution is 7.03. The number of rotatable bonds is 5. The molecule has 0 aliphatic carbocycles. The van der Waals surface area contributed by atoms with Gasteiger partial charge in [0.15, 0.2) is 5.82 Å². The van der Waals surface area contributed by atoms with E-state index in [1.807, 2.05) is 0 Å². The van der Waals surface area contributed by atoms with Crippen LogP contribution in [-0.4, -0.2) is 27.2 Å². The van der Waals surface area contributed by atoms with Crippen molar-refractivity contribution >= 4 is 62.2 Å². The normalized spacial score (nSPS) is 13.1. The second-order valence-electron chi connectivity index (χ2n) is 16.2. The minimum absolute atomic E-state index is 0.774. The van der Waals surface area contributed by atoms with Crippen LogP contribution >= 0.6 is 0 Å². The Labute approximate surface area is 343 Å². The summed E-state index contributed by atoms with van der Waals surface area (Å²) in [6.07, 6.45) is 0. The molecule has 12 rings (SSSR count). The zero-order valence-electron chi connectivity index (χ0n) is 32.8. The van der Waals surface area contributed by atoms with E-state index in [0.717, 1.165) is 45.1 Å². The first kappa shape index (κ1) is 33.8. The molecule has 0 saturated heterocycles. The van der Waals surface area contributed by atoms with E-state index in [0.29, 0.717) is 0 Å². The van der Waals surface area contributed by atoms with Gasteiger partial charge in [-0.2, -0.15) is 0 Å². The van der Waals surface area contributed by atoms with Crippen molar-refractivity contribution in [1.82, 2.24) is 19.1 Å². The largest absolute Gasteiger partial charge is 0.309 e. The van der Waals surface area contributed by atoms with Crippen molar-refractivity contribution in [2.45, 2.75) is 13.1 Å². The van der Waals surface area contributed by atoms with Gasteiger partial charge < -0.3 is 9.13 Å². The maximum absolute atomic E-state index is 5.46. The minimum atomic E-state index is -2.08. The van der Waals surface area contributed by atoms with Crippen molar-refractivity contribution in [3.05, 3.63) is 194 Å². The number of benzene rings is 8. The van der Waals surface area contributed by atoms with E-state index in [2.05, 4.69) is 216 Å². The van der Waals surface area contributed by atoms with Gasteiger partial charge in [-0.05, 0) is 82.5 Å². The van der Waals surface area contributed by atoms with Crippen molar-refractivity contribution in [2.24, 2.45) is 0 Å². The van der Waals surface area contributed by atoms with Gasteiger partial charge in [0.25, 0.3) is 0 Å². The lowest BCUT2D eigenvalue weighted by molar-refractivity contribution is 1.17. The third kappa shape index (κ3) is 5.08. The summed E-state index contributed by atoms with van der Waals surface area (Å²) in [5, 5.41) is 7.58. The molecule has 11 aromatic rings. The van der Waals surface area contributed by atoms with Gasteiger partial charge in [0.1, 0.15) is 8.07 Å². The van der Waals surface area contributed by atoms with Crippen molar-refractivity contribution in [2.75, 3.05) is 0 Å². The first-order chi connectivity index (χ1) is 29.0. The molecule has 1 aliphatic heterocycles. The Bertz CT molecular complexity index is 3420. The fourth-order valence-electron chi connectivity index (χ4n) is 9.70. The molecule has 0 unspecified atom stereocenters. The number of fused-ring (bicyclic) bond motifs is 9. The van der Waals surface area contributed by atoms with Gasteiger partial charge in [0, 0.05) is 54.9 Å². The lowest BCUT2D eigenvalue weighted by Crippen LogP contribution is -2.50. The number of para-hydroxylation sites is 3. The second kappa shape index (κ2) is 12.8. The van der Waals surface area contributed by atoms with Gasteiger partial charge in [-0.3, -0.25) is 0 Å². The Kier molecular flexibility index (Phi) is 7.34. The highest BCUT2D eigenvalue weighted by atomic mass is 28.3. The molecule has 0 amide bonds. The Balaban J connectivity index is 1.05. The molecule has 0 atom stereocenters. The van der Waals surface area contributed by atoms with Crippen LogP contribution in [0, 0.1) is 0 Å². The van der Waals surface area contributed by atoms with Crippen LogP contribution in [0.5, 0.6) is 0 Å². The fraction of sp³-hybridized carbons (Fsp3) is 0.0370. The van der Waals surface area contributed by atoms with E-state index in [-0.39, 0.29) is 0 Å². The fourth-order valence-corrected chi connectivity index (χ4v) is 12.6. The lowest BCUT2D eigenvalue weighted by Gasteiger charge is -2.19. The van der Waals surface area contributed by atoms with Crippen LogP contribution < -0.4 is 10.5 Å². The second-order valence-corrected chi connectivity index (χ2v) is 20.5. The predicted octanol–water partition coefficient (Wildman–Crippen LogP) is 12.5. The van der Waals surface area contributed by atoms with E-state index >= 15 is 0 Å². The van der Waals surface area contributed by atoms with E-state index in [4.69, 9.17) is 9.97 Å². The van der Waals surface area contributed by atoms with Gasteiger partial charge in [0.05, 0.1) is 27.8 Å². The zero-order valence-corrected chi connectivity index (χ0v) is 33.8. The van der Waals surface area contributed by atoms with E-state index in [9.17, 15) is 0 Å². The molecule has 1 aliphatic rings. The van der Waals surface area contributed by atoms with Crippen LogP contribution in [0.25, 0.3) is 99.9 Å². The topological polar surface area (TPSA) is 35.6 Å². The summed E-state index contributed by atoms with van der Waals surface area (Å²) in [5.74, 6) is 0.774. The number of hydrogen-bond donors (Lipinski definition) is 0. The van der Waals surface area contributed by atoms with Crippen molar-refractivity contribution in [1.29, 1.82) is 0 Å². The summed E-state index contributed by atoms with van der Waals surface area (Å²) < 4.78 is 4.81. The van der Waals surface area contributed by atoms with E-state index in [1.54, 1.807) is 0 Å². The summed E-state index contributed by atoms with van der Waals surface area (Å²) in [5.41, 5.74) is 15.0. The highest BCUT2D eigenvalue weighted by Gasteiger charge is 2.41. The van der Waals surface area contributed by atoms with Crippen LogP contribution in [0.15, 0.2) is 194 Å². The standard InChI is InChI=1S/C54H38N4Si/c1-59(2)50-27-14-11-24-43(50)51-52(35-16-5-3-6-17-35)55-53(56-54(51)59)38-19-15-18-36(32-38)37-28-30-48-44(33-37)45-34-40(29-31-49(45)57(48)39-20-7-4-8-21-39)58-46-25-12-9-22-41(46)42-23-10-13-26-47(42)58/h3-34H,1-2H3. The average Bonchev–Trinajstić information content (AvgIpc) is 3.89. The molecular formula is C54H38N4Si. The molecule has 4 nitrogen and oxygen atoms in total. The molecule has 59 heavy (non-hydrogen) atoms. The summed E-state index contributed by atoms with van der Waals surface area (Å²) in [4.78, 5) is 10.9. The molecule has 0 radical (unpaired) electrons. The van der Waals surface area contributed by atoms with Crippen LogP contribution in [0.4, 0.5) is 0 Å². The average molecular weight is 771 g/mol. The molecule has 0 spiro atoms. The van der Waals surface area contributed by atoms with Gasteiger partial charge in [-0.25, -0.2) is 9.97 Å². The Morgan fingerprint density at radius 1 is 0.390 bits per heavy atom. The smallest absolute Gasteiger partial charge is 0.159 e. The molecule has 5 heteroatoms. The van der Waals surface area contributed by atoms with Crippen molar-refractivity contribution in [3.8, 4) is 56.3 Å². The maximum atomic E-state index is 5.46. The van der Waals surface area contributed by atoms with Crippen LogP contribution in [0.2, 0.25) is 13.1 Å². The number of aromatic nitrogens is 4. The molecule has 278 valence electrons. The molecule has 4 heterocycles. The molecule has 3 aromatic heterocycles. The maximum Gasteiger partial charge on any atom is 0.159 e. The minimum Gasteiger partial charge on any atom is -0.309 e. The van der Waals surface area contributed by atoms with Gasteiger partial charge in [0.2, 0.25) is 0 Å². The molecule has 0 saturated carbocycles. The summed E-state index contributed by atoms with van der Waals surface area (Å²) >= 11 is 0. The first-order valence-corrected chi connectivity index (χ1v) is 23.3. The molecule has 8 aromatic carbocycles. The Morgan fingerprint density at radius 3 is 1.71 bits per heavy atom. The Hall–Kier alpha value is -7.34. The van der Waals surface area contributed by atoms with Gasteiger partial charge in [-0.15, -0.1) is 0 Å². The van der Waals surface area contributed by atoms with Gasteiger partial charge >= 0.3 is 0 Å². The lowest BCUT2D eigenvalue weighted by atomic mass is 9.99. The van der Waals surface area contributed by atoms with E-state index in [1.165, 1.54) is 65.2 Å². The van der Waals surface area contributed by atoms with Crippen LogP contribution in [0.1, 0.15) is 0 Å². The summed E-state index contributed by atoms with van der Waals surface area (Å²) in [6.45, 7) is 4.85.